The molecule has 6 heteroatoms. The Morgan fingerprint density at radius 1 is 1.32 bits per heavy atom. The predicted molar refractivity (Wildman–Crippen MR) is 69.3 cm³/mol. The number of amides is 1. The maximum atomic E-state index is 11.3. The Kier molecular flexibility index (Phi) is 4.85. The molecule has 1 amide bonds. The Morgan fingerprint density at radius 2 is 2.11 bits per heavy atom. The molecule has 19 heavy (non-hydrogen) atoms. The van der Waals surface area contributed by atoms with Crippen LogP contribution in [0.15, 0.2) is 18.2 Å². The largest absolute Gasteiger partial charge is 0.486 e. The average Bonchev–Trinajstić information content (AvgIpc) is 2.45. The van der Waals surface area contributed by atoms with Crippen molar-refractivity contribution in [2.75, 3.05) is 26.3 Å². The molecule has 104 valence electrons. The Labute approximate surface area is 111 Å². The Hall–Kier alpha value is -1.95. The molecular formula is C13H18N2O4. The van der Waals surface area contributed by atoms with E-state index in [1.807, 2.05) is 18.2 Å². The highest BCUT2D eigenvalue weighted by molar-refractivity contribution is 5.67. The zero-order chi connectivity index (χ0) is 13.5. The van der Waals surface area contributed by atoms with E-state index in [2.05, 4.69) is 5.32 Å². The summed E-state index contributed by atoms with van der Waals surface area (Å²) in [6, 6.07) is 5.49. The van der Waals surface area contributed by atoms with Crippen molar-refractivity contribution in [1.82, 2.24) is 5.32 Å². The molecule has 1 aliphatic rings. The molecule has 1 aromatic rings. The molecule has 0 atom stereocenters. The lowest BCUT2D eigenvalue weighted by Gasteiger charge is -2.18. The van der Waals surface area contributed by atoms with Crippen molar-refractivity contribution < 1.29 is 19.0 Å². The van der Waals surface area contributed by atoms with Crippen LogP contribution in [0.4, 0.5) is 4.79 Å². The maximum Gasteiger partial charge on any atom is 0.407 e. The van der Waals surface area contributed by atoms with Crippen LogP contribution in [-0.4, -0.2) is 32.4 Å². The minimum atomic E-state index is -0.441. The average molecular weight is 266 g/mol. The van der Waals surface area contributed by atoms with Gasteiger partial charge in [-0.3, -0.25) is 0 Å². The second-order valence-corrected chi connectivity index (χ2v) is 4.12. The van der Waals surface area contributed by atoms with Gasteiger partial charge in [0.1, 0.15) is 19.8 Å². The van der Waals surface area contributed by atoms with Gasteiger partial charge < -0.3 is 25.3 Å². The first-order chi connectivity index (χ1) is 9.29. The molecule has 0 aliphatic carbocycles. The van der Waals surface area contributed by atoms with Crippen molar-refractivity contribution in [2.24, 2.45) is 5.73 Å². The summed E-state index contributed by atoms with van der Waals surface area (Å²) >= 11 is 0. The molecule has 0 saturated heterocycles. The summed E-state index contributed by atoms with van der Waals surface area (Å²) in [4.78, 5) is 11.3. The van der Waals surface area contributed by atoms with Crippen LogP contribution < -0.4 is 20.5 Å². The van der Waals surface area contributed by atoms with Gasteiger partial charge in [0.2, 0.25) is 0 Å². The third-order valence-corrected chi connectivity index (χ3v) is 2.63. The molecule has 0 radical (unpaired) electrons. The van der Waals surface area contributed by atoms with E-state index in [1.54, 1.807) is 0 Å². The van der Waals surface area contributed by atoms with Gasteiger partial charge in [0.05, 0.1) is 0 Å². The van der Waals surface area contributed by atoms with Gasteiger partial charge in [0.15, 0.2) is 11.5 Å². The molecule has 1 aliphatic heterocycles. The molecule has 0 saturated carbocycles. The molecular weight excluding hydrogens is 248 g/mol. The quantitative estimate of drug-likeness (QED) is 0.778. The molecule has 3 N–H and O–H groups in total. The minimum absolute atomic E-state index is 0.200. The molecule has 0 fully saturated rings. The summed E-state index contributed by atoms with van der Waals surface area (Å²) in [5.41, 5.74) is 6.19. The SMILES string of the molecule is NCCCNC(=O)OCc1ccc2c(c1)OCCO2. The monoisotopic (exact) mass is 266 g/mol. The lowest BCUT2D eigenvalue weighted by atomic mass is 10.2. The number of nitrogens with two attached hydrogens (primary N) is 1. The summed E-state index contributed by atoms with van der Waals surface area (Å²) in [5.74, 6) is 1.42. The molecule has 0 aromatic heterocycles. The fraction of sp³-hybridized carbons (Fsp3) is 0.462. The number of fused-ring (bicyclic) bond motifs is 1. The van der Waals surface area contributed by atoms with Gasteiger partial charge in [-0.25, -0.2) is 4.79 Å². The molecule has 0 unspecified atom stereocenters. The van der Waals surface area contributed by atoms with E-state index in [4.69, 9.17) is 19.9 Å². The van der Waals surface area contributed by atoms with Gasteiger partial charge in [0, 0.05) is 6.54 Å². The van der Waals surface area contributed by atoms with Crippen LogP contribution >= 0.6 is 0 Å². The number of alkyl carbamates (subject to hydrolysis) is 1. The van der Waals surface area contributed by atoms with Crippen molar-refractivity contribution in [2.45, 2.75) is 13.0 Å². The summed E-state index contributed by atoms with van der Waals surface area (Å²) in [5, 5.41) is 2.62. The first-order valence-corrected chi connectivity index (χ1v) is 6.29. The van der Waals surface area contributed by atoms with E-state index in [9.17, 15) is 4.79 Å². The van der Waals surface area contributed by atoms with Crippen molar-refractivity contribution in [3.8, 4) is 11.5 Å². The summed E-state index contributed by atoms with van der Waals surface area (Å²) in [7, 11) is 0. The predicted octanol–water partition coefficient (Wildman–Crippen LogP) is 1.03. The number of hydrogen-bond donors (Lipinski definition) is 2. The zero-order valence-corrected chi connectivity index (χ0v) is 10.7. The van der Waals surface area contributed by atoms with Crippen LogP contribution in [0.1, 0.15) is 12.0 Å². The van der Waals surface area contributed by atoms with E-state index in [0.717, 1.165) is 17.7 Å². The topological polar surface area (TPSA) is 82.8 Å². The van der Waals surface area contributed by atoms with Gasteiger partial charge in [-0.05, 0) is 30.7 Å². The number of rotatable bonds is 5. The Balaban J connectivity index is 1.81. The Bertz CT molecular complexity index is 437. The molecule has 6 nitrogen and oxygen atoms in total. The third-order valence-electron chi connectivity index (χ3n) is 2.63. The standard InChI is InChI=1S/C13H18N2O4/c14-4-1-5-15-13(16)19-9-10-2-3-11-12(8-10)18-7-6-17-11/h2-3,8H,1,4-7,9,14H2,(H,15,16). The number of benzene rings is 1. The fourth-order valence-electron chi connectivity index (χ4n) is 1.67. The lowest BCUT2D eigenvalue weighted by Crippen LogP contribution is -2.26. The van der Waals surface area contributed by atoms with Gasteiger partial charge in [-0.2, -0.15) is 0 Å². The summed E-state index contributed by atoms with van der Waals surface area (Å²) < 4.78 is 15.9. The van der Waals surface area contributed by atoms with E-state index < -0.39 is 6.09 Å². The normalized spacial score (nSPS) is 12.9. The lowest BCUT2D eigenvalue weighted by molar-refractivity contribution is 0.139. The molecule has 0 spiro atoms. The smallest absolute Gasteiger partial charge is 0.407 e. The minimum Gasteiger partial charge on any atom is -0.486 e. The highest BCUT2D eigenvalue weighted by Crippen LogP contribution is 2.30. The van der Waals surface area contributed by atoms with E-state index in [1.165, 1.54) is 0 Å². The first-order valence-electron chi connectivity index (χ1n) is 6.29. The Morgan fingerprint density at radius 3 is 2.89 bits per heavy atom. The molecule has 1 aromatic carbocycles. The summed E-state index contributed by atoms with van der Waals surface area (Å²) in [6.45, 7) is 2.37. The van der Waals surface area contributed by atoms with Crippen LogP contribution in [-0.2, 0) is 11.3 Å². The van der Waals surface area contributed by atoms with Gasteiger partial charge in [-0.15, -0.1) is 0 Å². The third kappa shape index (κ3) is 4.03. The number of carbonyl (C=O) groups is 1. The number of ether oxygens (including phenoxy) is 3. The number of hydrogen-bond acceptors (Lipinski definition) is 5. The summed E-state index contributed by atoms with van der Waals surface area (Å²) in [6.07, 6.45) is 0.294. The second kappa shape index (κ2) is 6.84. The number of carbonyl (C=O) groups excluding carboxylic acids is 1. The van der Waals surface area contributed by atoms with Crippen LogP contribution in [0.5, 0.6) is 11.5 Å². The maximum absolute atomic E-state index is 11.3. The van der Waals surface area contributed by atoms with Gasteiger partial charge >= 0.3 is 6.09 Å². The van der Waals surface area contributed by atoms with E-state index >= 15 is 0 Å². The van der Waals surface area contributed by atoms with Crippen LogP contribution in [0.2, 0.25) is 0 Å². The van der Waals surface area contributed by atoms with Gasteiger partial charge in [-0.1, -0.05) is 6.07 Å². The highest BCUT2D eigenvalue weighted by Gasteiger charge is 2.12. The van der Waals surface area contributed by atoms with E-state index in [-0.39, 0.29) is 6.61 Å². The second-order valence-electron chi connectivity index (χ2n) is 4.12. The van der Waals surface area contributed by atoms with Crippen molar-refractivity contribution in [1.29, 1.82) is 0 Å². The first kappa shape index (κ1) is 13.5. The molecule has 0 bridgehead atoms. The fourth-order valence-corrected chi connectivity index (χ4v) is 1.67. The van der Waals surface area contributed by atoms with E-state index in [0.29, 0.717) is 32.1 Å². The van der Waals surface area contributed by atoms with Crippen LogP contribution in [0, 0.1) is 0 Å². The van der Waals surface area contributed by atoms with Crippen LogP contribution in [0.25, 0.3) is 0 Å². The molecule has 1 heterocycles. The van der Waals surface area contributed by atoms with Crippen molar-refractivity contribution in [3.05, 3.63) is 23.8 Å². The van der Waals surface area contributed by atoms with Crippen molar-refractivity contribution in [3.63, 3.8) is 0 Å². The van der Waals surface area contributed by atoms with Crippen LogP contribution in [0.3, 0.4) is 0 Å². The van der Waals surface area contributed by atoms with Crippen molar-refractivity contribution >= 4 is 6.09 Å². The molecule has 2 rings (SSSR count). The highest BCUT2D eigenvalue weighted by atomic mass is 16.6. The zero-order valence-electron chi connectivity index (χ0n) is 10.7. The number of nitrogens with one attached hydrogen (secondary N) is 1. The van der Waals surface area contributed by atoms with Gasteiger partial charge in [0.25, 0.3) is 0 Å².